The van der Waals surface area contributed by atoms with Gasteiger partial charge in [0.15, 0.2) is 5.84 Å². The third kappa shape index (κ3) is 4.08. The summed E-state index contributed by atoms with van der Waals surface area (Å²) in [6, 6.07) is 4.25. The third-order valence-corrected chi connectivity index (χ3v) is 2.63. The number of amidine groups is 1. The van der Waals surface area contributed by atoms with Gasteiger partial charge in [-0.1, -0.05) is 5.16 Å². The summed E-state index contributed by atoms with van der Waals surface area (Å²) in [7, 11) is 1.55. The van der Waals surface area contributed by atoms with Crippen LogP contribution < -0.4 is 10.6 Å². The smallest absolute Gasteiger partial charge is 0.170 e. The molecule has 0 amide bonds. The Labute approximate surface area is 110 Å². The van der Waals surface area contributed by atoms with Crippen LogP contribution in [0.2, 0.25) is 0 Å². The number of anilines is 1. The molecule has 0 fully saturated rings. The topological polar surface area (TPSA) is 91.3 Å². The zero-order chi connectivity index (χ0) is 14.3. The number of hydrogen-bond donors (Lipinski definition) is 3. The Kier molecular flexibility index (Phi) is 6.04. The van der Waals surface area contributed by atoms with Gasteiger partial charge in [-0.15, -0.1) is 0 Å². The van der Waals surface area contributed by atoms with Gasteiger partial charge in [-0.25, -0.2) is 4.39 Å². The molecule has 0 atom stereocenters. The molecule has 1 rings (SSSR count). The Bertz CT molecular complexity index is 440. The summed E-state index contributed by atoms with van der Waals surface area (Å²) in [6.45, 7) is 1.08. The van der Waals surface area contributed by atoms with Crippen LogP contribution in [0.5, 0.6) is 0 Å². The fourth-order valence-electron chi connectivity index (χ4n) is 1.66. The van der Waals surface area contributed by atoms with E-state index in [2.05, 4.69) is 5.16 Å². The first kappa shape index (κ1) is 15.2. The molecule has 0 aliphatic heterocycles. The van der Waals surface area contributed by atoms with Crippen molar-refractivity contribution in [2.45, 2.75) is 0 Å². The normalized spacial score (nSPS) is 11.6. The SMILES string of the molecule is COCCN(CCO)c1ccc(/C(N)=N/O)cc1F. The van der Waals surface area contributed by atoms with Crippen molar-refractivity contribution in [1.82, 2.24) is 0 Å². The number of halogens is 1. The van der Waals surface area contributed by atoms with Crippen molar-refractivity contribution in [3.05, 3.63) is 29.6 Å². The Morgan fingerprint density at radius 1 is 1.47 bits per heavy atom. The first-order valence-electron chi connectivity index (χ1n) is 5.76. The summed E-state index contributed by atoms with van der Waals surface area (Å²) >= 11 is 0. The Morgan fingerprint density at radius 3 is 2.74 bits per heavy atom. The maximum absolute atomic E-state index is 14.0. The van der Waals surface area contributed by atoms with Gasteiger partial charge in [0.2, 0.25) is 0 Å². The molecule has 0 unspecified atom stereocenters. The van der Waals surface area contributed by atoms with Crippen molar-refractivity contribution >= 4 is 11.5 Å². The number of hydrogen-bond acceptors (Lipinski definition) is 5. The van der Waals surface area contributed by atoms with Gasteiger partial charge in [-0.05, 0) is 18.2 Å². The van der Waals surface area contributed by atoms with Gasteiger partial charge in [-0.2, -0.15) is 0 Å². The van der Waals surface area contributed by atoms with Crippen molar-refractivity contribution in [2.24, 2.45) is 10.9 Å². The van der Waals surface area contributed by atoms with E-state index in [1.54, 1.807) is 18.1 Å². The first-order chi connectivity index (χ1) is 9.13. The summed E-state index contributed by atoms with van der Waals surface area (Å²) in [4.78, 5) is 1.66. The summed E-state index contributed by atoms with van der Waals surface area (Å²) in [5.41, 5.74) is 6.01. The second-order valence-electron chi connectivity index (χ2n) is 3.85. The molecule has 0 heterocycles. The number of ether oxygens (including phenoxy) is 1. The van der Waals surface area contributed by atoms with Gasteiger partial charge in [0.05, 0.1) is 18.9 Å². The van der Waals surface area contributed by atoms with Crippen LogP contribution in [0, 0.1) is 5.82 Å². The fourth-order valence-corrected chi connectivity index (χ4v) is 1.66. The van der Waals surface area contributed by atoms with E-state index in [0.29, 0.717) is 30.9 Å². The van der Waals surface area contributed by atoms with Gasteiger partial charge in [0.25, 0.3) is 0 Å². The molecule has 0 spiro atoms. The number of aliphatic hydroxyl groups excluding tert-OH is 1. The van der Waals surface area contributed by atoms with Gasteiger partial charge >= 0.3 is 0 Å². The monoisotopic (exact) mass is 271 g/mol. The lowest BCUT2D eigenvalue weighted by Gasteiger charge is -2.24. The van der Waals surface area contributed by atoms with E-state index in [1.165, 1.54) is 12.1 Å². The molecular formula is C12H18FN3O3. The lowest BCUT2D eigenvalue weighted by molar-refractivity contribution is 0.202. The van der Waals surface area contributed by atoms with E-state index >= 15 is 0 Å². The van der Waals surface area contributed by atoms with E-state index in [-0.39, 0.29) is 12.4 Å². The molecule has 0 bridgehead atoms. The van der Waals surface area contributed by atoms with Gasteiger partial charge in [0, 0.05) is 25.8 Å². The summed E-state index contributed by atoms with van der Waals surface area (Å²) in [5, 5.41) is 20.3. The zero-order valence-electron chi connectivity index (χ0n) is 10.7. The summed E-state index contributed by atoms with van der Waals surface area (Å²) in [5.74, 6) is -0.662. The highest BCUT2D eigenvalue weighted by Gasteiger charge is 2.12. The first-order valence-corrected chi connectivity index (χ1v) is 5.76. The molecule has 7 heteroatoms. The Hall–Kier alpha value is -1.86. The van der Waals surface area contributed by atoms with E-state index in [1.807, 2.05) is 0 Å². The molecule has 0 saturated carbocycles. The van der Waals surface area contributed by atoms with Crippen LogP contribution in [0.3, 0.4) is 0 Å². The molecule has 0 saturated heterocycles. The number of benzene rings is 1. The lowest BCUT2D eigenvalue weighted by atomic mass is 10.1. The molecule has 4 N–H and O–H groups in total. The van der Waals surface area contributed by atoms with Crippen LogP contribution in [0.15, 0.2) is 23.4 Å². The third-order valence-electron chi connectivity index (χ3n) is 2.63. The molecule has 0 aliphatic carbocycles. The maximum Gasteiger partial charge on any atom is 0.170 e. The molecule has 19 heavy (non-hydrogen) atoms. The molecule has 0 aromatic heterocycles. The van der Waals surface area contributed by atoms with Crippen LogP contribution in [0.4, 0.5) is 10.1 Å². The second kappa shape index (κ2) is 7.55. The minimum absolute atomic E-state index is 0.0921. The van der Waals surface area contributed by atoms with E-state index in [0.717, 1.165) is 0 Å². The van der Waals surface area contributed by atoms with Crippen LogP contribution in [-0.2, 0) is 4.74 Å². The number of nitrogens with zero attached hydrogens (tertiary/aromatic N) is 2. The predicted molar refractivity (Wildman–Crippen MR) is 70.1 cm³/mol. The van der Waals surface area contributed by atoms with E-state index in [9.17, 15) is 4.39 Å². The van der Waals surface area contributed by atoms with Crippen LogP contribution in [0.25, 0.3) is 0 Å². The predicted octanol–water partition coefficient (Wildman–Crippen LogP) is 0.365. The molecular weight excluding hydrogens is 253 g/mol. The molecule has 0 radical (unpaired) electrons. The summed E-state index contributed by atoms with van der Waals surface area (Å²) in [6.07, 6.45) is 0. The highest BCUT2D eigenvalue weighted by atomic mass is 19.1. The number of rotatable bonds is 7. The Morgan fingerprint density at radius 2 is 2.21 bits per heavy atom. The fraction of sp³-hybridized carbons (Fsp3) is 0.417. The van der Waals surface area contributed by atoms with Crippen molar-refractivity contribution in [2.75, 3.05) is 38.3 Å². The van der Waals surface area contributed by atoms with Crippen molar-refractivity contribution < 1.29 is 19.4 Å². The van der Waals surface area contributed by atoms with Crippen molar-refractivity contribution in [3.63, 3.8) is 0 Å². The van der Waals surface area contributed by atoms with Crippen molar-refractivity contribution in [1.29, 1.82) is 0 Å². The molecule has 106 valence electrons. The second-order valence-corrected chi connectivity index (χ2v) is 3.85. The van der Waals surface area contributed by atoms with Crippen LogP contribution in [-0.4, -0.2) is 49.6 Å². The summed E-state index contributed by atoms with van der Waals surface area (Å²) < 4.78 is 18.9. The van der Waals surface area contributed by atoms with Gasteiger partial charge < -0.3 is 25.7 Å². The maximum atomic E-state index is 14.0. The lowest BCUT2D eigenvalue weighted by Crippen LogP contribution is -2.31. The molecule has 0 aliphatic rings. The molecule has 6 nitrogen and oxygen atoms in total. The van der Waals surface area contributed by atoms with Gasteiger partial charge in [-0.3, -0.25) is 0 Å². The van der Waals surface area contributed by atoms with E-state index < -0.39 is 5.82 Å². The minimum Gasteiger partial charge on any atom is -0.409 e. The molecule has 1 aromatic rings. The van der Waals surface area contributed by atoms with Crippen LogP contribution >= 0.6 is 0 Å². The van der Waals surface area contributed by atoms with E-state index in [4.69, 9.17) is 20.8 Å². The largest absolute Gasteiger partial charge is 0.409 e. The minimum atomic E-state index is -0.506. The highest BCUT2D eigenvalue weighted by Crippen LogP contribution is 2.20. The Balaban J connectivity index is 2.97. The number of nitrogens with two attached hydrogens (primary N) is 1. The van der Waals surface area contributed by atoms with Crippen molar-refractivity contribution in [3.8, 4) is 0 Å². The average Bonchev–Trinajstić information content (AvgIpc) is 2.42. The zero-order valence-corrected chi connectivity index (χ0v) is 10.7. The number of methoxy groups -OCH3 is 1. The number of oxime groups is 1. The number of aliphatic hydroxyl groups is 1. The molecule has 1 aromatic carbocycles. The highest BCUT2D eigenvalue weighted by molar-refractivity contribution is 5.97. The standard InChI is InChI=1S/C12H18FN3O3/c1-19-7-5-16(4-6-17)11-3-2-9(8-10(11)13)12(14)15-18/h2-3,8,17-18H,4-7H2,1H3,(H2,14,15). The quantitative estimate of drug-likeness (QED) is 0.288. The van der Waals surface area contributed by atoms with Crippen LogP contribution in [0.1, 0.15) is 5.56 Å². The van der Waals surface area contributed by atoms with Gasteiger partial charge in [0.1, 0.15) is 5.82 Å². The average molecular weight is 271 g/mol.